The summed E-state index contributed by atoms with van der Waals surface area (Å²) < 4.78 is 11.4. The van der Waals surface area contributed by atoms with Crippen LogP contribution in [0.2, 0.25) is 10.0 Å². The maximum absolute atomic E-state index is 6.01. The summed E-state index contributed by atoms with van der Waals surface area (Å²) >= 11 is 11.9. The fraction of sp³-hybridized carbons (Fsp3) is 0.368. The largest absolute Gasteiger partial charge is 0.489 e. The molecule has 0 aromatic heterocycles. The topological polar surface area (TPSA) is 30.5 Å². The maximum atomic E-state index is 6.01. The van der Waals surface area contributed by atoms with Crippen LogP contribution in [0.5, 0.6) is 5.75 Å². The van der Waals surface area contributed by atoms with Crippen molar-refractivity contribution in [2.75, 3.05) is 13.2 Å². The van der Waals surface area contributed by atoms with Gasteiger partial charge in [-0.25, -0.2) is 0 Å². The molecule has 0 bridgehead atoms. The van der Waals surface area contributed by atoms with Gasteiger partial charge in [-0.05, 0) is 48.2 Å². The molecule has 1 heterocycles. The first-order chi connectivity index (χ1) is 11.7. The van der Waals surface area contributed by atoms with E-state index < -0.39 is 0 Å². The Bertz CT molecular complexity index is 655. The first-order valence-electron chi connectivity index (χ1n) is 8.19. The Morgan fingerprint density at radius 1 is 1.04 bits per heavy atom. The minimum Gasteiger partial charge on any atom is -0.489 e. The summed E-state index contributed by atoms with van der Waals surface area (Å²) in [5, 5.41) is 4.54. The fourth-order valence-corrected chi connectivity index (χ4v) is 3.00. The van der Waals surface area contributed by atoms with Gasteiger partial charge in [0.05, 0.1) is 16.1 Å². The minimum atomic E-state index is 0.374. The van der Waals surface area contributed by atoms with E-state index in [1.807, 2.05) is 24.3 Å². The normalized spacial score (nSPS) is 17.2. The van der Waals surface area contributed by atoms with E-state index in [0.29, 0.717) is 22.8 Å². The van der Waals surface area contributed by atoms with Gasteiger partial charge in [-0.1, -0.05) is 41.4 Å². The number of rotatable bonds is 7. The lowest BCUT2D eigenvalue weighted by molar-refractivity contribution is 0.110. The summed E-state index contributed by atoms with van der Waals surface area (Å²) in [7, 11) is 0. The zero-order valence-electron chi connectivity index (χ0n) is 13.4. The van der Waals surface area contributed by atoms with Crippen molar-refractivity contribution >= 4 is 23.2 Å². The monoisotopic (exact) mass is 365 g/mol. The van der Waals surface area contributed by atoms with Crippen LogP contribution in [0.3, 0.4) is 0 Å². The van der Waals surface area contributed by atoms with E-state index in [4.69, 9.17) is 32.7 Å². The van der Waals surface area contributed by atoms with Gasteiger partial charge in [-0.15, -0.1) is 0 Å². The molecule has 0 spiro atoms. The number of benzene rings is 2. The van der Waals surface area contributed by atoms with Crippen LogP contribution in [-0.4, -0.2) is 19.3 Å². The predicted octanol–water partition coefficient (Wildman–Crippen LogP) is 4.84. The van der Waals surface area contributed by atoms with Crippen molar-refractivity contribution in [2.45, 2.75) is 32.1 Å². The average Bonchev–Trinajstić information content (AvgIpc) is 3.10. The van der Waals surface area contributed by atoms with Crippen LogP contribution in [0.1, 0.15) is 24.0 Å². The molecule has 0 aliphatic carbocycles. The van der Waals surface area contributed by atoms with Gasteiger partial charge in [0.1, 0.15) is 12.4 Å². The zero-order valence-corrected chi connectivity index (χ0v) is 14.9. The van der Waals surface area contributed by atoms with Crippen molar-refractivity contribution in [2.24, 2.45) is 0 Å². The van der Waals surface area contributed by atoms with Gasteiger partial charge in [0.15, 0.2) is 0 Å². The predicted molar refractivity (Wildman–Crippen MR) is 97.9 cm³/mol. The number of hydrogen-bond acceptors (Lipinski definition) is 3. The lowest BCUT2D eigenvalue weighted by atomic mass is 10.2. The molecule has 1 atom stereocenters. The van der Waals surface area contributed by atoms with Crippen molar-refractivity contribution in [3.63, 3.8) is 0 Å². The molecule has 0 radical (unpaired) electrons. The summed E-state index contributed by atoms with van der Waals surface area (Å²) in [6.45, 7) is 3.12. The molecule has 2 aromatic rings. The van der Waals surface area contributed by atoms with Crippen LogP contribution in [-0.2, 0) is 17.9 Å². The molecule has 5 heteroatoms. The standard InChI is InChI=1S/C19H21Cl2NO2/c20-18-8-5-15(10-19(18)21)13-24-16-6-3-14(4-7-16)11-22-12-17-2-1-9-23-17/h3-8,10,17,22H,1-2,9,11-13H2/t17-/m0/s1. The van der Waals surface area contributed by atoms with Crippen LogP contribution >= 0.6 is 23.2 Å². The summed E-state index contributed by atoms with van der Waals surface area (Å²) in [5.41, 5.74) is 2.22. The Morgan fingerprint density at radius 2 is 1.83 bits per heavy atom. The highest BCUT2D eigenvalue weighted by Crippen LogP contribution is 2.23. The van der Waals surface area contributed by atoms with E-state index in [-0.39, 0.29) is 0 Å². The molecule has 1 aliphatic heterocycles. The highest BCUT2D eigenvalue weighted by atomic mass is 35.5. The third-order valence-electron chi connectivity index (χ3n) is 4.04. The quantitative estimate of drug-likeness (QED) is 0.761. The highest BCUT2D eigenvalue weighted by Gasteiger charge is 2.14. The van der Waals surface area contributed by atoms with Crippen molar-refractivity contribution < 1.29 is 9.47 Å². The summed E-state index contributed by atoms with van der Waals surface area (Å²) in [6, 6.07) is 13.6. The molecular formula is C19H21Cl2NO2. The Kier molecular flexibility index (Phi) is 6.38. The van der Waals surface area contributed by atoms with Gasteiger partial charge in [-0.3, -0.25) is 0 Å². The minimum absolute atomic E-state index is 0.374. The average molecular weight is 366 g/mol. The maximum Gasteiger partial charge on any atom is 0.119 e. The van der Waals surface area contributed by atoms with Crippen molar-refractivity contribution in [3.8, 4) is 5.75 Å². The number of ether oxygens (including phenoxy) is 2. The lowest BCUT2D eigenvalue weighted by Gasteiger charge is -2.11. The number of hydrogen-bond donors (Lipinski definition) is 1. The Morgan fingerprint density at radius 3 is 2.54 bits per heavy atom. The Balaban J connectivity index is 1.44. The summed E-state index contributed by atoms with van der Waals surface area (Å²) in [5.74, 6) is 0.837. The van der Waals surface area contributed by atoms with Gasteiger partial charge in [-0.2, -0.15) is 0 Å². The Hall–Kier alpha value is -1.26. The zero-order chi connectivity index (χ0) is 16.8. The van der Waals surface area contributed by atoms with E-state index in [2.05, 4.69) is 17.4 Å². The second-order valence-electron chi connectivity index (χ2n) is 5.95. The molecule has 3 rings (SSSR count). The van der Waals surface area contributed by atoms with E-state index in [1.54, 1.807) is 6.07 Å². The van der Waals surface area contributed by atoms with Gasteiger partial charge in [0, 0.05) is 19.7 Å². The number of halogens is 2. The second kappa shape index (κ2) is 8.72. The van der Waals surface area contributed by atoms with Crippen LogP contribution in [0.4, 0.5) is 0 Å². The van der Waals surface area contributed by atoms with E-state index in [0.717, 1.165) is 37.4 Å². The first-order valence-corrected chi connectivity index (χ1v) is 8.94. The molecule has 1 fully saturated rings. The van der Waals surface area contributed by atoms with E-state index in [9.17, 15) is 0 Å². The molecule has 0 amide bonds. The molecule has 0 saturated carbocycles. The molecular weight excluding hydrogens is 345 g/mol. The van der Waals surface area contributed by atoms with Crippen LogP contribution in [0.15, 0.2) is 42.5 Å². The van der Waals surface area contributed by atoms with Gasteiger partial charge >= 0.3 is 0 Å². The van der Waals surface area contributed by atoms with Gasteiger partial charge in [0.2, 0.25) is 0 Å². The van der Waals surface area contributed by atoms with Crippen molar-refractivity contribution in [1.29, 1.82) is 0 Å². The van der Waals surface area contributed by atoms with Crippen molar-refractivity contribution in [1.82, 2.24) is 5.32 Å². The molecule has 2 aromatic carbocycles. The third kappa shape index (κ3) is 5.12. The molecule has 1 saturated heterocycles. The molecule has 1 N–H and O–H groups in total. The molecule has 0 unspecified atom stereocenters. The summed E-state index contributed by atoms with van der Waals surface area (Å²) in [6.07, 6.45) is 2.71. The van der Waals surface area contributed by atoms with E-state index >= 15 is 0 Å². The lowest BCUT2D eigenvalue weighted by Crippen LogP contribution is -2.25. The summed E-state index contributed by atoms with van der Waals surface area (Å²) in [4.78, 5) is 0. The number of nitrogens with one attached hydrogen (secondary N) is 1. The first kappa shape index (κ1) is 17.6. The molecule has 1 aliphatic rings. The smallest absolute Gasteiger partial charge is 0.119 e. The van der Waals surface area contributed by atoms with Crippen LogP contribution in [0, 0.1) is 0 Å². The molecule has 24 heavy (non-hydrogen) atoms. The van der Waals surface area contributed by atoms with E-state index in [1.165, 1.54) is 12.0 Å². The Labute approximate surface area is 152 Å². The van der Waals surface area contributed by atoms with Crippen LogP contribution < -0.4 is 10.1 Å². The third-order valence-corrected chi connectivity index (χ3v) is 4.78. The second-order valence-corrected chi connectivity index (χ2v) is 6.76. The van der Waals surface area contributed by atoms with Gasteiger partial charge < -0.3 is 14.8 Å². The fourth-order valence-electron chi connectivity index (χ4n) is 2.68. The molecule has 128 valence electrons. The van der Waals surface area contributed by atoms with Crippen molar-refractivity contribution in [3.05, 3.63) is 63.6 Å². The van der Waals surface area contributed by atoms with Crippen LogP contribution in [0.25, 0.3) is 0 Å². The SMILES string of the molecule is Clc1ccc(COc2ccc(CNC[C@@H]3CCCO3)cc2)cc1Cl. The highest BCUT2D eigenvalue weighted by molar-refractivity contribution is 6.42. The van der Waals surface area contributed by atoms with Gasteiger partial charge in [0.25, 0.3) is 0 Å². The molecule has 3 nitrogen and oxygen atoms in total.